The first-order valence-electron chi connectivity index (χ1n) is 6.93. The van der Waals surface area contributed by atoms with Gasteiger partial charge in [-0.3, -0.25) is 9.59 Å². The Labute approximate surface area is 142 Å². The number of halogens is 2. The zero-order valence-electron chi connectivity index (χ0n) is 13.0. The highest BCUT2D eigenvalue weighted by Crippen LogP contribution is 2.21. The van der Waals surface area contributed by atoms with Gasteiger partial charge < -0.3 is 16.4 Å². The van der Waals surface area contributed by atoms with E-state index in [1.165, 1.54) is 0 Å². The second-order valence-corrected chi connectivity index (χ2v) is 5.80. The molecule has 1 atom stereocenters. The summed E-state index contributed by atoms with van der Waals surface area (Å²) in [5, 5.41) is 5.86. The van der Waals surface area contributed by atoms with Gasteiger partial charge in [0.2, 0.25) is 5.91 Å². The highest BCUT2D eigenvalue weighted by molar-refractivity contribution is 6.34. The van der Waals surface area contributed by atoms with Crippen LogP contribution in [0.2, 0.25) is 5.02 Å². The number of rotatable bonds is 6. The molecule has 5 nitrogen and oxygen atoms in total. The predicted octanol–water partition coefficient (Wildman–Crippen LogP) is 2.68. The van der Waals surface area contributed by atoms with Gasteiger partial charge in [0.1, 0.15) is 0 Å². The molecule has 124 valence electrons. The van der Waals surface area contributed by atoms with Crippen LogP contribution in [-0.4, -0.2) is 24.9 Å². The molecule has 0 aliphatic heterocycles. The Morgan fingerprint density at radius 1 is 1.27 bits per heavy atom. The standard InChI is InChI=1S/C15H22ClN3O2.ClH/c1-9(2)14(20)19-11-4-5-13(16)12(6-11)15(21)18-8-10(3)7-17;/h4-6,9-10H,7-8,17H2,1-3H3,(H,18,21)(H,19,20);1H. The van der Waals surface area contributed by atoms with Crippen LogP contribution in [-0.2, 0) is 4.79 Å². The molecule has 0 heterocycles. The molecule has 0 aromatic heterocycles. The molecule has 0 aliphatic carbocycles. The predicted molar refractivity (Wildman–Crippen MR) is 92.7 cm³/mol. The zero-order chi connectivity index (χ0) is 16.0. The van der Waals surface area contributed by atoms with Crippen molar-refractivity contribution in [2.75, 3.05) is 18.4 Å². The van der Waals surface area contributed by atoms with Crippen LogP contribution in [0.1, 0.15) is 31.1 Å². The first-order chi connectivity index (χ1) is 9.85. The summed E-state index contributed by atoms with van der Waals surface area (Å²) < 4.78 is 0. The molecular weight excluding hydrogens is 325 g/mol. The fourth-order valence-corrected chi connectivity index (χ4v) is 1.71. The number of hydrogen-bond acceptors (Lipinski definition) is 3. The first-order valence-corrected chi connectivity index (χ1v) is 7.31. The number of nitrogens with two attached hydrogens (primary N) is 1. The van der Waals surface area contributed by atoms with Gasteiger partial charge in [0, 0.05) is 18.2 Å². The lowest BCUT2D eigenvalue weighted by Gasteiger charge is -2.13. The van der Waals surface area contributed by atoms with Crippen molar-refractivity contribution in [2.45, 2.75) is 20.8 Å². The summed E-state index contributed by atoms with van der Waals surface area (Å²) >= 11 is 6.04. The number of hydrogen-bond donors (Lipinski definition) is 3. The fraction of sp³-hybridized carbons (Fsp3) is 0.467. The van der Waals surface area contributed by atoms with Crippen LogP contribution >= 0.6 is 24.0 Å². The molecule has 4 N–H and O–H groups in total. The van der Waals surface area contributed by atoms with Crippen LogP contribution in [0.4, 0.5) is 5.69 Å². The maximum Gasteiger partial charge on any atom is 0.252 e. The summed E-state index contributed by atoms with van der Waals surface area (Å²) in [5.41, 5.74) is 6.40. The molecule has 22 heavy (non-hydrogen) atoms. The third kappa shape index (κ3) is 6.22. The minimum atomic E-state index is -0.277. The molecule has 1 aromatic rings. The van der Waals surface area contributed by atoms with Crippen molar-refractivity contribution in [3.63, 3.8) is 0 Å². The summed E-state index contributed by atoms with van der Waals surface area (Å²) in [6.07, 6.45) is 0. The summed E-state index contributed by atoms with van der Waals surface area (Å²) in [7, 11) is 0. The van der Waals surface area contributed by atoms with Crippen LogP contribution < -0.4 is 16.4 Å². The van der Waals surface area contributed by atoms with Gasteiger partial charge in [-0.25, -0.2) is 0 Å². The third-order valence-corrected chi connectivity index (χ3v) is 3.35. The third-order valence-electron chi connectivity index (χ3n) is 3.02. The van der Waals surface area contributed by atoms with E-state index in [1.54, 1.807) is 32.0 Å². The first kappa shape index (κ1) is 20.7. The van der Waals surface area contributed by atoms with Crippen LogP contribution in [0.15, 0.2) is 18.2 Å². The van der Waals surface area contributed by atoms with Gasteiger partial charge in [-0.15, -0.1) is 12.4 Å². The summed E-state index contributed by atoms with van der Waals surface area (Å²) in [6.45, 7) is 6.52. The lowest BCUT2D eigenvalue weighted by Crippen LogP contribution is -2.31. The van der Waals surface area contributed by atoms with Gasteiger partial charge in [-0.2, -0.15) is 0 Å². The van der Waals surface area contributed by atoms with Gasteiger partial charge >= 0.3 is 0 Å². The van der Waals surface area contributed by atoms with E-state index in [0.29, 0.717) is 29.4 Å². The van der Waals surface area contributed by atoms with Gasteiger partial charge in [0.25, 0.3) is 5.91 Å². The normalized spacial score (nSPS) is 11.5. The smallest absolute Gasteiger partial charge is 0.252 e. The quantitative estimate of drug-likeness (QED) is 0.739. The number of carbonyl (C=O) groups excluding carboxylic acids is 2. The molecule has 0 saturated carbocycles. The Kier molecular flexibility index (Phi) is 9.09. The Balaban J connectivity index is 0.00000441. The molecule has 0 aliphatic rings. The monoisotopic (exact) mass is 347 g/mol. The zero-order valence-corrected chi connectivity index (χ0v) is 14.6. The molecule has 0 radical (unpaired) electrons. The largest absolute Gasteiger partial charge is 0.352 e. The van der Waals surface area contributed by atoms with E-state index in [1.807, 2.05) is 6.92 Å². The lowest BCUT2D eigenvalue weighted by molar-refractivity contribution is -0.118. The van der Waals surface area contributed by atoms with Crippen LogP contribution in [0, 0.1) is 11.8 Å². The summed E-state index contributed by atoms with van der Waals surface area (Å²) in [5.74, 6) is -0.332. The minimum absolute atomic E-state index is 0. The number of amides is 2. The van der Waals surface area contributed by atoms with E-state index in [0.717, 1.165) is 0 Å². The van der Waals surface area contributed by atoms with Crippen molar-refractivity contribution in [3.05, 3.63) is 28.8 Å². The van der Waals surface area contributed by atoms with Crippen molar-refractivity contribution in [2.24, 2.45) is 17.6 Å². The summed E-state index contributed by atoms with van der Waals surface area (Å²) in [6, 6.07) is 4.84. The lowest BCUT2D eigenvalue weighted by atomic mass is 10.1. The minimum Gasteiger partial charge on any atom is -0.352 e. The Hall–Kier alpha value is -1.30. The van der Waals surface area contributed by atoms with Gasteiger partial charge in [-0.05, 0) is 30.7 Å². The topological polar surface area (TPSA) is 84.2 Å². The Morgan fingerprint density at radius 3 is 2.45 bits per heavy atom. The van der Waals surface area contributed by atoms with Crippen molar-refractivity contribution in [3.8, 4) is 0 Å². The maximum absolute atomic E-state index is 12.1. The van der Waals surface area contributed by atoms with Crippen molar-refractivity contribution in [1.82, 2.24) is 5.32 Å². The highest BCUT2D eigenvalue weighted by atomic mass is 35.5. The molecule has 0 spiro atoms. The van der Waals surface area contributed by atoms with Crippen LogP contribution in [0.5, 0.6) is 0 Å². The van der Waals surface area contributed by atoms with E-state index in [9.17, 15) is 9.59 Å². The van der Waals surface area contributed by atoms with Gasteiger partial charge in [0.15, 0.2) is 0 Å². The fourth-order valence-electron chi connectivity index (χ4n) is 1.51. The Bertz CT molecular complexity index is 522. The second-order valence-electron chi connectivity index (χ2n) is 5.39. The second kappa shape index (κ2) is 9.66. The number of nitrogens with one attached hydrogen (secondary N) is 2. The SMILES string of the molecule is CC(CN)CNC(=O)c1cc(NC(=O)C(C)C)ccc1Cl.Cl. The average Bonchev–Trinajstić information content (AvgIpc) is 2.46. The molecule has 1 unspecified atom stereocenters. The van der Waals surface area contributed by atoms with Crippen molar-refractivity contribution < 1.29 is 9.59 Å². The number of anilines is 1. The molecular formula is C15H23Cl2N3O2. The van der Waals surface area contributed by atoms with Gasteiger partial charge in [-0.1, -0.05) is 32.4 Å². The molecule has 0 fully saturated rings. The highest BCUT2D eigenvalue weighted by Gasteiger charge is 2.14. The Morgan fingerprint density at radius 2 is 1.91 bits per heavy atom. The number of benzene rings is 1. The van der Waals surface area contributed by atoms with E-state index in [4.69, 9.17) is 17.3 Å². The molecule has 0 bridgehead atoms. The van der Waals surface area contributed by atoms with E-state index < -0.39 is 0 Å². The van der Waals surface area contributed by atoms with Crippen LogP contribution in [0.25, 0.3) is 0 Å². The van der Waals surface area contributed by atoms with E-state index >= 15 is 0 Å². The molecule has 1 aromatic carbocycles. The van der Waals surface area contributed by atoms with Gasteiger partial charge in [0.05, 0.1) is 10.6 Å². The van der Waals surface area contributed by atoms with Crippen molar-refractivity contribution in [1.29, 1.82) is 0 Å². The molecule has 7 heteroatoms. The molecule has 2 amide bonds. The summed E-state index contributed by atoms with van der Waals surface area (Å²) in [4.78, 5) is 23.8. The van der Waals surface area contributed by atoms with E-state index in [2.05, 4.69) is 10.6 Å². The average molecular weight is 348 g/mol. The van der Waals surface area contributed by atoms with Crippen molar-refractivity contribution >= 4 is 41.5 Å². The number of carbonyl (C=O) groups is 2. The van der Waals surface area contributed by atoms with E-state index in [-0.39, 0.29) is 36.1 Å². The van der Waals surface area contributed by atoms with Crippen LogP contribution in [0.3, 0.4) is 0 Å². The molecule has 1 rings (SSSR count). The maximum atomic E-state index is 12.1. The molecule has 0 saturated heterocycles.